The lowest BCUT2D eigenvalue weighted by Crippen LogP contribution is -2.21. The standard InChI is InChI=1S/C21H21ClNO2P/c1-2-25-26(24,20-16-10-9-15-19(20)22)21(17-11-5-3-6-12-17)23-18-13-7-4-8-14-18/h3-16,21,23H,2H2,1H3/t21-,26+/m0/s1. The highest BCUT2D eigenvalue weighted by Gasteiger charge is 2.38. The Bertz CT molecular complexity index is 887. The summed E-state index contributed by atoms with van der Waals surface area (Å²) in [5.41, 5.74) is 1.75. The average Bonchev–Trinajstić information content (AvgIpc) is 2.68. The van der Waals surface area contributed by atoms with Gasteiger partial charge < -0.3 is 9.84 Å². The fourth-order valence-corrected chi connectivity index (χ4v) is 5.86. The van der Waals surface area contributed by atoms with Crippen LogP contribution in [0.3, 0.4) is 0 Å². The summed E-state index contributed by atoms with van der Waals surface area (Å²) in [5, 5.41) is 4.37. The second kappa shape index (κ2) is 8.55. The molecule has 3 aromatic rings. The topological polar surface area (TPSA) is 38.3 Å². The van der Waals surface area contributed by atoms with E-state index < -0.39 is 13.2 Å². The Morgan fingerprint density at radius 3 is 2.12 bits per heavy atom. The van der Waals surface area contributed by atoms with Gasteiger partial charge >= 0.3 is 0 Å². The van der Waals surface area contributed by atoms with Crippen molar-refractivity contribution in [3.8, 4) is 0 Å². The van der Waals surface area contributed by atoms with Gasteiger partial charge in [-0.25, -0.2) is 0 Å². The van der Waals surface area contributed by atoms with E-state index >= 15 is 0 Å². The fraction of sp³-hybridized carbons (Fsp3) is 0.143. The van der Waals surface area contributed by atoms with E-state index in [2.05, 4.69) is 5.32 Å². The van der Waals surface area contributed by atoms with E-state index in [1.165, 1.54) is 0 Å². The predicted octanol–water partition coefficient (Wildman–Crippen LogP) is 6.09. The van der Waals surface area contributed by atoms with Crippen molar-refractivity contribution < 1.29 is 9.09 Å². The molecule has 1 N–H and O–H groups in total. The molecule has 0 bridgehead atoms. The van der Waals surface area contributed by atoms with E-state index in [0.717, 1.165) is 11.3 Å². The largest absolute Gasteiger partial charge is 0.370 e. The van der Waals surface area contributed by atoms with Crippen LogP contribution in [0.1, 0.15) is 18.3 Å². The number of para-hydroxylation sites is 1. The van der Waals surface area contributed by atoms with Crippen molar-refractivity contribution in [2.45, 2.75) is 12.7 Å². The Morgan fingerprint density at radius 1 is 0.923 bits per heavy atom. The molecule has 0 amide bonds. The van der Waals surface area contributed by atoms with Crippen molar-refractivity contribution in [1.82, 2.24) is 0 Å². The predicted molar refractivity (Wildman–Crippen MR) is 110 cm³/mol. The van der Waals surface area contributed by atoms with Gasteiger partial charge in [0.05, 0.1) is 16.9 Å². The third kappa shape index (κ3) is 4.02. The molecule has 0 aliphatic rings. The molecule has 2 atom stereocenters. The van der Waals surface area contributed by atoms with Crippen LogP contribution in [0.25, 0.3) is 0 Å². The molecule has 134 valence electrons. The molecule has 0 saturated carbocycles. The average molecular weight is 386 g/mol. The Morgan fingerprint density at radius 2 is 1.50 bits per heavy atom. The maximum atomic E-state index is 14.2. The number of hydrogen-bond donors (Lipinski definition) is 1. The van der Waals surface area contributed by atoms with Crippen LogP contribution in [0.5, 0.6) is 0 Å². The lowest BCUT2D eigenvalue weighted by Gasteiger charge is -2.30. The number of nitrogens with one attached hydrogen (secondary N) is 1. The molecule has 0 aromatic heterocycles. The molecule has 0 unspecified atom stereocenters. The molecule has 0 fully saturated rings. The van der Waals surface area contributed by atoms with Crippen LogP contribution in [0, 0.1) is 0 Å². The third-order valence-corrected chi connectivity index (χ3v) is 7.31. The van der Waals surface area contributed by atoms with Gasteiger partial charge in [-0.1, -0.05) is 72.3 Å². The number of anilines is 1. The van der Waals surface area contributed by atoms with Gasteiger partial charge in [0.2, 0.25) is 0 Å². The molecule has 3 aromatic carbocycles. The molecule has 0 aliphatic heterocycles. The summed E-state index contributed by atoms with van der Waals surface area (Å²) in [6, 6.07) is 26.6. The molecular formula is C21H21ClNO2P. The van der Waals surface area contributed by atoms with Crippen molar-refractivity contribution in [1.29, 1.82) is 0 Å². The van der Waals surface area contributed by atoms with Crippen LogP contribution in [0.15, 0.2) is 84.9 Å². The van der Waals surface area contributed by atoms with Crippen LogP contribution >= 0.6 is 19.0 Å². The van der Waals surface area contributed by atoms with Gasteiger partial charge in [0, 0.05) is 5.69 Å². The highest BCUT2D eigenvalue weighted by atomic mass is 35.5. The molecule has 0 radical (unpaired) electrons. The second-order valence-electron chi connectivity index (χ2n) is 5.79. The molecular weight excluding hydrogens is 365 g/mol. The summed E-state index contributed by atoms with van der Waals surface area (Å²) in [5.74, 6) is -0.550. The highest BCUT2D eigenvalue weighted by Crippen LogP contribution is 2.59. The molecule has 5 heteroatoms. The monoisotopic (exact) mass is 385 g/mol. The summed E-state index contributed by atoms with van der Waals surface area (Å²) in [4.78, 5) is 0. The first kappa shape index (κ1) is 18.7. The molecule has 26 heavy (non-hydrogen) atoms. The van der Waals surface area contributed by atoms with Crippen LogP contribution in [-0.2, 0) is 9.09 Å². The lowest BCUT2D eigenvalue weighted by molar-refractivity contribution is 0.335. The maximum Gasteiger partial charge on any atom is 0.259 e. The summed E-state index contributed by atoms with van der Waals surface area (Å²) in [7, 11) is -3.35. The molecule has 3 nitrogen and oxygen atoms in total. The van der Waals surface area contributed by atoms with E-state index in [-0.39, 0.29) is 0 Å². The van der Waals surface area contributed by atoms with Gasteiger partial charge in [-0.3, -0.25) is 4.57 Å². The Hall–Kier alpha value is -2.06. The van der Waals surface area contributed by atoms with E-state index in [1.807, 2.05) is 79.7 Å². The van der Waals surface area contributed by atoms with E-state index in [0.29, 0.717) is 16.9 Å². The number of halogens is 1. The number of benzene rings is 3. The number of rotatable bonds is 7. The maximum absolute atomic E-state index is 14.2. The SMILES string of the molecule is CCO[P@](=O)(c1ccccc1Cl)[C@H](Nc1ccccc1)c1ccccc1. The summed E-state index contributed by atoms with van der Waals surface area (Å²) < 4.78 is 20.1. The minimum absolute atomic E-state index is 0.322. The number of hydrogen-bond acceptors (Lipinski definition) is 3. The van der Waals surface area contributed by atoms with Crippen LogP contribution in [0.4, 0.5) is 5.69 Å². The first-order chi connectivity index (χ1) is 12.6. The fourth-order valence-electron chi connectivity index (χ4n) is 2.87. The van der Waals surface area contributed by atoms with Crippen LogP contribution in [-0.4, -0.2) is 6.61 Å². The Balaban J connectivity index is 2.14. The van der Waals surface area contributed by atoms with Crippen molar-refractivity contribution in [3.05, 3.63) is 95.5 Å². The first-order valence-electron chi connectivity index (χ1n) is 8.51. The normalized spacial score (nSPS) is 14.4. The molecule has 3 rings (SSSR count). The van der Waals surface area contributed by atoms with E-state index in [1.54, 1.807) is 12.1 Å². The molecule has 0 saturated heterocycles. The molecule has 0 heterocycles. The van der Waals surface area contributed by atoms with E-state index in [4.69, 9.17) is 16.1 Å². The van der Waals surface area contributed by atoms with Gasteiger partial charge in [-0.05, 0) is 36.8 Å². The third-order valence-electron chi connectivity index (χ3n) is 4.04. The van der Waals surface area contributed by atoms with Gasteiger partial charge in [0.15, 0.2) is 0 Å². The van der Waals surface area contributed by atoms with Crippen molar-refractivity contribution in [2.75, 3.05) is 11.9 Å². The van der Waals surface area contributed by atoms with Crippen molar-refractivity contribution >= 4 is 30.0 Å². The van der Waals surface area contributed by atoms with Gasteiger partial charge in [-0.2, -0.15) is 0 Å². The second-order valence-corrected chi connectivity index (χ2v) is 8.65. The summed E-state index contributed by atoms with van der Waals surface area (Å²) in [6.07, 6.45) is 0. The summed E-state index contributed by atoms with van der Waals surface area (Å²) in [6.45, 7) is 2.16. The molecule has 0 spiro atoms. The minimum atomic E-state index is -3.35. The van der Waals surface area contributed by atoms with Gasteiger partial charge in [0.25, 0.3) is 7.37 Å². The smallest absolute Gasteiger partial charge is 0.259 e. The quantitative estimate of drug-likeness (QED) is 0.500. The van der Waals surface area contributed by atoms with E-state index in [9.17, 15) is 4.57 Å². The summed E-state index contributed by atoms with van der Waals surface area (Å²) >= 11 is 6.40. The minimum Gasteiger partial charge on any atom is -0.370 e. The zero-order chi connectivity index (χ0) is 18.4. The van der Waals surface area contributed by atoms with Crippen molar-refractivity contribution in [2.24, 2.45) is 0 Å². The zero-order valence-electron chi connectivity index (χ0n) is 14.5. The first-order valence-corrected chi connectivity index (χ1v) is 10.6. The lowest BCUT2D eigenvalue weighted by atomic mass is 10.2. The van der Waals surface area contributed by atoms with Gasteiger partial charge in [0.1, 0.15) is 5.78 Å². The van der Waals surface area contributed by atoms with Crippen molar-refractivity contribution in [3.63, 3.8) is 0 Å². The van der Waals surface area contributed by atoms with Crippen LogP contribution < -0.4 is 10.6 Å². The van der Waals surface area contributed by atoms with Crippen LogP contribution in [0.2, 0.25) is 5.02 Å². The Kier molecular flexibility index (Phi) is 6.16. The Labute approximate surface area is 159 Å². The highest BCUT2D eigenvalue weighted by molar-refractivity contribution is 7.67. The van der Waals surface area contributed by atoms with Gasteiger partial charge in [-0.15, -0.1) is 0 Å². The molecule has 0 aliphatic carbocycles. The zero-order valence-corrected chi connectivity index (χ0v) is 16.2.